The average Bonchev–Trinajstić information content (AvgIpc) is 3.16. The third-order valence-electron chi connectivity index (χ3n) is 4.95. The Hall–Kier alpha value is -1.34. The Labute approximate surface area is 173 Å². The van der Waals surface area contributed by atoms with Gasteiger partial charge in [0.1, 0.15) is 0 Å². The molecule has 1 aromatic carbocycles. The van der Waals surface area contributed by atoms with Gasteiger partial charge < -0.3 is 20.9 Å². The molecule has 0 radical (unpaired) electrons. The summed E-state index contributed by atoms with van der Waals surface area (Å²) in [7, 11) is 0. The minimum absolute atomic E-state index is 0. The molecule has 1 aromatic rings. The zero-order valence-electron chi connectivity index (χ0n) is 15.5. The highest BCUT2D eigenvalue weighted by molar-refractivity contribution is 5.97. The van der Waals surface area contributed by atoms with Crippen LogP contribution in [0.4, 0.5) is 5.69 Å². The third kappa shape index (κ3) is 7.30. The lowest BCUT2D eigenvalue weighted by atomic mass is 10.0. The Morgan fingerprint density at radius 1 is 1.04 bits per heavy atom. The van der Waals surface area contributed by atoms with Crippen LogP contribution in [0.25, 0.3) is 0 Å². The number of likely N-dealkylation sites (tertiary alicyclic amines) is 1. The van der Waals surface area contributed by atoms with Gasteiger partial charge in [0.15, 0.2) is 0 Å². The fraction of sp³-hybridized carbons (Fsp3) is 0.579. The molecule has 0 aliphatic carbocycles. The molecule has 0 bridgehead atoms. The van der Waals surface area contributed by atoms with E-state index in [1.807, 2.05) is 0 Å². The van der Waals surface area contributed by atoms with E-state index >= 15 is 0 Å². The van der Waals surface area contributed by atoms with Crippen LogP contribution in [0.2, 0.25) is 0 Å². The number of halogens is 2. The fourth-order valence-electron chi connectivity index (χ4n) is 3.45. The first kappa shape index (κ1) is 23.7. The zero-order valence-corrected chi connectivity index (χ0v) is 17.2. The van der Waals surface area contributed by atoms with Gasteiger partial charge in [0.2, 0.25) is 5.91 Å². The normalized spacial score (nSPS) is 19.5. The van der Waals surface area contributed by atoms with Gasteiger partial charge >= 0.3 is 0 Å². The smallest absolute Gasteiger partial charge is 0.251 e. The fourth-order valence-corrected chi connectivity index (χ4v) is 3.45. The molecule has 2 aliphatic rings. The van der Waals surface area contributed by atoms with Crippen molar-refractivity contribution < 1.29 is 9.59 Å². The second-order valence-corrected chi connectivity index (χ2v) is 6.87. The van der Waals surface area contributed by atoms with E-state index in [2.05, 4.69) is 20.9 Å². The van der Waals surface area contributed by atoms with E-state index in [9.17, 15) is 9.59 Å². The highest BCUT2D eigenvalue weighted by Gasteiger charge is 2.20. The molecule has 2 heterocycles. The topological polar surface area (TPSA) is 73.5 Å². The van der Waals surface area contributed by atoms with Crippen LogP contribution < -0.4 is 16.0 Å². The van der Waals surface area contributed by atoms with Crippen LogP contribution >= 0.6 is 24.8 Å². The highest BCUT2D eigenvalue weighted by Crippen LogP contribution is 2.13. The van der Waals surface area contributed by atoms with E-state index < -0.39 is 0 Å². The molecule has 3 rings (SSSR count). The molecule has 27 heavy (non-hydrogen) atoms. The highest BCUT2D eigenvalue weighted by atomic mass is 35.5. The molecule has 152 valence electrons. The van der Waals surface area contributed by atoms with Gasteiger partial charge in [-0.05, 0) is 69.6 Å². The minimum Gasteiger partial charge on any atom is -0.351 e. The van der Waals surface area contributed by atoms with E-state index in [-0.39, 0.29) is 42.7 Å². The Morgan fingerprint density at radius 3 is 2.37 bits per heavy atom. The summed E-state index contributed by atoms with van der Waals surface area (Å²) in [6.45, 7) is 4.76. The van der Waals surface area contributed by atoms with Gasteiger partial charge in [-0.2, -0.15) is 0 Å². The van der Waals surface area contributed by atoms with Crippen LogP contribution in [0, 0.1) is 0 Å². The Morgan fingerprint density at radius 2 is 1.74 bits per heavy atom. The number of hydrogen-bond donors (Lipinski definition) is 3. The lowest BCUT2D eigenvalue weighted by Gasteiger charge is -2.22. The number of amides is 2. The maximum atomic E-state index is 12.2. The van der Waals surface area contributed by atoms with Gasteiger partial charge in [0.25, 0.3) is 5.91 Å². The molecule has 2 fully saturated rings. The van der Waals surface area contributed by atoms with E-state index in [4.69, 9.17) is 0 Å². The van der Waals surface area contributed by atoms with E-state index in [0.717, 1.165) is 51.1 Å². The molecule has 0 spiro atoms. The molecular formula is C19H30Cl2N4O2. The molecule has 2 saturated heterocycles. The van der Waals surface area contributed by atoms with Crippen molar-refractivity contribution in [2.45, 2.75) is 38.1 Å². The summed E-state index contributed by atoms with van der Waals surface area (Å²) in [6, 6.07) is 6.98. The first-order valence-electron chi connectivity index (χ1n) is 9.37. The SMILES string of the molecule is Cl.Cl.O=C(NCCN1CCCC1)c1ccc(NC(=O)[C@H]2CCCCN2)cc1. The van der Waals surface area contributed by atoms with Crippen molar-refractivity contribution in [3.05, 3.63) is 29.8 Å². The average molecular weight is 417 g/mol. The first-order chi connectivity index (χ1) is 12.2. The van der Waals surface area contributed by atoms with Gasteiger partial charge in [-0.25, -0.2) is 0 Å². The quantitative estimate of drug-likeness (QED) is 0.665. The van der Waals surface area contributed by atoms with E-state index in [0.29, 0.717) is 12.1 Å². The van der Waals surface area contributed by atoms with Crippen molar-refractivity contribution >= 4 is 42.3 Å². The zero-order chi connectivity index (χ0) is 17.5. The van der Waals surface area contributed by atoms with E-state index in [1.165, 1.54) is 12.8 Å². The van der Waals surface area contributed by atoms with Gasteiger partial charge in [0.05, 0.1) is 6.04 Å². The van der Waals surface area contributed by atoms with Crippen LogP contribution in [0.15, 0.2) is 24.3 Å². The number of nitrogens with zero attached hydrogens (tertiary/aromatic N) is 1. The van der Waals surface area contributed by atoms with Crippen molar-refractivity contribution in [3.8, 4) is 0 Å². The molecule has 6 nitrogen and oxygen atoms in total. The van der Waals surface area contributed by atoms with Crippen LogP contribution in [0.5, 0.6) is 0 Å². The summed E-state index contributed by atoms with van der Waals surface area (Å²) in [5.74, 6) is -0.0615. The van der Waals surface area contributed by atoms with Crippen LogP contribution in [-0.4, -0.2) is 55.5 Å². The standard InChI is InChI=1S/C19H28N4O2.2ClH/c24-18(21-11-14-23-12-3-4-13-23)15-6-8-16(9-7-15)22-19(25)17-5-1-2-10-20-17;;/h6-9,17,20H,1-5,10-14H2,(H,21,24)(H,22,25);2*1H/t17-;;/m1../s1. The number of carbonyl (C=O) groups is 2. The number of anilines is 1. The lowest BCUT2D eigenvalue weighted by Crippen LogP contribution is -2.43. The Kier molecular flexibility index (Phi) is 10.7. The first-order valence-corrected chi connectivity index (χ1v) is 9.37. The third-order valence-corrected chi connectivity index (χ3v) is 4.95. The molecule has 0 saturated carbocycles. The molecule has 2 amide bonds. The monoisotopic (exact) mass is 416 g/mol. The van der Waals surface area contributed by atoms with Crippen molar-refractivity contribution in [3.63, 3.8) is 0 Å². The predicted octanol–water partition coefficient (Wildman–Crippen LogP) is 2.44. The second kappa shape index (κ2) is 12.2. The second-order valence-electron chi connectivity index (χ2n) is 6.87. The molecule has 1 atom stereocenters. The summed E-state index contributed by atoms with van der Waals surface area (Å²) in [6.07, 6.45) is 5.62. The van der Waals surface area contributed by atoms with Crippen molar-refractivity contribution in [1.82, 2.24) is 15.5 Å². The lowest BCUT2D eigenvalue weighted by molar-refractivity contribution is -0.118. The van der Waals surface area contributed by atoms with Crippen molar-refractivity contribution in [2.75, 3.05) is 38.0 Å². The predicted molar refractivity (Wildman–Crippen MR) is 113 cm³/mol. The number of rotatable bonds is 6. The van der Waals surface area contributed by atoms with Crippen LogP contribution in [0.3, 0.4) is 0 Å². The van der Waals surface area contributed by atoms with E-state index in [1.54, 1.807) is 24.3 Å². The largest absolute Gasteiger partial charge is 0.351 e. The molecule has 8 heteroatoms. The Bertz CT molecular complexity index is 586. The summed E-state index contributed by atoms with van der Waals surface area (Å²) >= 11 is 0. The summed E-state index contributed by atoms with van der Waals surface area (Å²) in [5, 5.41) is 9.11. The molecule has 0 aromatic heterocycles. The minimum atomic E-state index is -0.109. The summed E-state index contributed by atoms with van der Waals surface area (Å²) < 4.78 is 0. The Balaban J connectivity index is 0.00000182. The van der Waals surface area contributed by atoms with Gasteiger partial charge in [-0.3, -0.25) is 9.59 Å². The summed E-state index contributed by atoms with van der Waals surface area (Å²) in [5.41, 5.74) is 1.35. The maximum absolute atomic E-state index is 12.2. The van der Waals surface area contributed by atoms with Crippen molar-refractivity contribution in [1.29, 1.82) is 0 Å². The van der Waals surface area contributed by atoms with Crippen molar-refractivity contribution in [2.24, 2.45) is 0 Å². The number of piperidine rings is 1. The number of benzene rings is 1. The molecule has 3 N–H and O–H groups in total. The maximum Gasteiger partial charge on any atom is 0.251 e. The number of hydrogen-bond acceptors (Lipinski definition) is 4. The van der Waals surface area contributed by atoms with Gasteiger partial charge in [-0.1, -0.05) is 6.42 Å². The molecule has 2 aliphatic heterocycles. The number of carbonyl (C=O) groups excluding carboxylic acids is 2. The van der Waals surface area contributed by atoms with Crippen LogP contribution in [0.1, 0.15) is 42.5 Å². The molecular weight excluding hydrogens is 387 g/mol. The van der Waals surface area contributed by atoms with Crippen LogP contribution in [-0.2, 0) is 4.79 Å². The molecule has 0 unspecified atom stereocenters. The van der Waals surface area contributed by atoms with Gasteiger partial charge in [0, 0.05) is 24.3 Å². The summed E-state index contributed by atoms with van der Waals surface area (Å²) in [4.78, 5) is 26.7. The van der Waals surface area contributed by atoms with Gasteiger partial charge in [-0.15, -0.1) is 24.8 Å². The number of nitrogens with one attached hydrogen (secondary N) is 3.